The number of rotatable bonds is 2. The van der Waals surface area contributed by atoms with Gasteiger partial charge in [0, 0.05) is 0 Å². The molecule has 0 atom stereocenters. The van der Waals surface area contributed by atoms with Gasteiger partial charge in [0.1, 0.15) is 0 Å². The first-order valence-corrected chi connectivity index (χ1v) is 4.96. The van der Waals surface area contributed by atoms with E-state index >= 15 is 0 Å². The zero-order chi connectivity index (χ0) is 4.99. The molecule has 0 spiro atoms. The Kier molecular flexibility index (Phi) is 10.9. The summed E-state index contributed by atoms with van der Waals surface area (Å²) in [5.41, 5.74) is 0. The van der Waals surface area contributed by atoms with Crippen molar-refractivity contribution in [3.05, 3.63) is 0 Å². The van der Waals surface area contributed by atoms with Crippen molar-refractivity contribution in [3.8, 4) is 0 Å². The Morgan fingerprint density at radius 3 is 2.14 bits per heavy atom. The predicted octanol–water partition coefficient (Wildman–Crippen LogP) is -1.40. The van der Waals surface area contributed by atoms with Crippen molar-refractivity contribution in [1.29, 1.82) is 0 Å². The van der Waals surface area contributed by atoms with Crippen LogP contribution in [-0.2, 0) is 4.79 Å². The van der Waals surface area contributed by atoms with Gasteiger partial charge in [0.25, 0.3) is 0 Å². The number of carbonyl (C=O) groups is 1. The normalized spacial score (nSPS) is 7.43. The molecule has 0 saturated heterocycles. The van der Waals surface area contributed by atoms with E-state index in [2.05, 4.69) is 0 Å². The monoisotopic (exact) mass is 174 g/mol. The number of carboxylic acid groups (broad SMARTS) is 1. The molecule has 7 heavy (non-hydrogen) atoms. The van der Waals surface area contributed by atoms with Gasteiger partial charge < -0.3 is 0 Å². The fourth-order valence-corrected chi connectivity index (χ4v) is 1.11. The van der Waals surface area contributed by atoms with Crippen molar-refractivity contribution < 1.29 is 9.90 Å². The van der Waals surface area contributed by atoms with Crippen molar-refractivity contribution in [2.75, 3.05) is 0 Å². The summed E-state index contributed by atoms with van der Waals surface area (Å²) < 4.78 is 0. The van der Waals surface area contributed by atoms with Crippen LogP contribution in [0.3, 0.4) is 0 Å². The van der Waals surface area contributed by atoms with Crippen LogP contribution in [0.2, 0.25) is 5.25 Å². The van der Waals surface area contributed by atoms with Crippen molar-refractivity contribution in [3.63, 3.8) is 0 Å². The molecular weight excluding hydrogens is 164 g/mol. The third kappa shape index (κ3) is 10.9. The van der Waals surface area contributed by atoms with Crippen LogP contribution >= 0.6 is 0 Å². The Balaban J connectivity index is 0. The molecule has 0 bridgehead atoms. The number of hydrogen-bond donors (Lipinski definition) is 1. The number of hydrogen-bond acceptors (Lipinski definition) is 1. The Labute approximate surface area is 73.2 Å². The summed E-state index contributed by atoms with van der Waals surface area (Å²) in [5.74, 6) is -0.664. The van der Waals surface area contributed by atoms with Gasteiger partial charge in [-0.25, -0.2) is 0 Å². The molecule has 0 aromatic rings. The summed E-state index contributed by atoms with van der Waals surface area (Å²) in [6.45, 7) is 0. The van der Waals surface area contributed by atoms with Crippen LogP contribution in [0.15, 0.2) is 0 Å². The Morgan fingerprint density at radius 1 is 1.71 bits per heavy atom. The van der Waals surface area contributed by atoms with Gasteiger partial charge in [-0.15, -0.1) is 0 Å². The molecule has 4 heteroatoms. The third-order valence-corrected chi connectivity index (χ3v) is 1.51. The van der Waals surface area contributed by atoms with E-state index in [0.717, 1.165) is 5.25 Å². The second-order valence-electron chi connectivity index (χ2n) is 1.14. The number of aliphatic carboxylic acids is 1. The molecule has 2 nitrogen and oxygen atoms in total. The van der Waals surface area contributed by atoms with Crippen molar-refractivity contribution in [1.82, 2.24) is 0 Å². The van der Waals surface area contributed by atoms with Crippen LogP contribution in [0.25, 0.3) is 0 Å². The van der Waals surface area contributed by atoms with E-state index in [-0.39, 0.29) is 29.6 Å². The molecule has 0 rings (SSSR count). The molecule has 0 aromatic heterocycles. The van der Waals surface area contributed by atoms with Crippen molar-refractivity contribution in [2.24, 2.45) is 0 Å². The van der Waals surface area contributed by atoms with E-state index in [1.165, 1.54) is 0 Å². The fraction of sp³-hybridized carbons (Fsp3) is 0.667. The Bertz CT molecular complexity index is 56.9. The van der Waals surface area contributed by atoms with Crippen LogP contribution in [0.5, 0.6) is 0 Å². The van der Waals surface area contributed by atoms with Crippen LogP contribution < -0.4 is 0 Å². The van der Waals surface area contributed by atoms with Gasteiger partial charge in [-0.05, 0) is 0 Å². The molecule has 0 radical (unpaired) electrons. The van der Waals surface area contributed by atoms with Gasteiger partial charge in [-0.2, -0.15) is 0 Å². The molecule has 1 N–H and O–H groups in total. The van der Waals surface area contributed by atoms with Gasteiger partial charge in [-0.3, -0.25) is 0 Å². The summed E-state index contributed by atoms with van der Waals surface area (Å²) in [5, 5.41) is 8.86. The van der Waals surface area contributed by atoms with Gasteiger partial charge in [0.15, 0.2) is 0 Å². The molecule has 0 heterocycles. The fourth-order valence-electron chi connectivity index (χ4n) is 0.214. The summed E-state index contributed by atoms with van der Waals surface area (Å²) in [6.07, 6.45) is 0.375. The molecule has 0 amide bonds. The summed E-state index contributed by atoms with van der Waals surface area (Å²) in [7, 11) is 0. The minimum absolute atomic E-state index is 0. The average molecular weight is 173 g/mol. The van der Waals surface area contributed by atoms with Crippen molar-refractivity contribution in [2.45, 2.75) is 11.7 Å². The Hall–Kier alpha value is 1.01. The molecule has 0 unspecified atom stereocenters. The molecule has 0 aliphatic rings. The van der Waals surface area contributed by atoms with Gasteiger partial charge >= 0.3 is 73.6 Å². The molecule has 0 aliphatic carbocycles. The zero-order valence-electron chi connectivity index (χ0n) is 3.77. The predicted molar refractivity (Wildman–Crippen MR) is 34.1 cm³/mol. The first-order valence-electron chi connectivity index (χ1n) is 1.99. The van der Waals surface area contributed by atoms with Crippen LogP contribution in [-0.4, -0.2) is 57.1 Å². The first-order chi connectivity index (χ1) is 2.77. The zero-order valence-corrected chi connectivity index (χ0v) is 7.97. The second-order valence-corrected chi connectivity index (χ2v) is 3.24. The maximum absolute atomic E-state index is 9.63. The van der Waals surface area contributed by atoms with E-state index in [1.807, 2.05) is 0 Å². The topological polar surface area (TPSA) is 37.3 Å². The minimum atomic E-state index is -0.664. The molecular formula is C3H9GeNaO2. The van der Waals surface area contributed by atoms with E-state index in [4.69, 9.17) is 5.11 Å². The third-order valence-electron chi connectivity index (χ3n) is 0.464. The van der Waals surface area contributed by atoms with E-state index in [9.17, 15) is 4.79 Å². The standard InChI is InChI=1S/C3H8GeO2.Na.H/c4-2-1-3(5)6;;/h1-2H2,4H3,(H,5,6);;. The molecule has 0 saturated carbocycles. The quantitative estimate of drug-likeness (QED) is 0.521. The Morgan fingerprint density at radius 2 is 2.14 bits per heavy atom. The number of carboxylic acids is 1. The maximum atomic E-state index is 9.63. The molecule has 0 fully saturated rings. The van der Waals surface area contributed by atoms with Crippen LogP contribution in [0.4, 0.5) is 0 Å². The SMILES string of the molecule is O=C(O)C[CH2][GeH3].[NaH]. The average Bonchev–Trinajstić information content (AvgIpc) is 1.35. The first kappa shape index (κ1) is 10.9. The van der Waals surface area contributed by atoms with Crippen LogP contribution in [0.1, 0.15) is 6.42 Å². The van der Waals surface area contributed by atoms with Gasteiger partial charge in [0.2, 0.25) is 0 Å². The van der Waals surface area contributed by atoms with Crippen molar-refractivity contribution >= 4 is 52.0 Å². The molecule has 0 aromatic carbocycles. The summed E-state index contributed by atoms with van der Waals surface area (Å²) in [6, 6.07) is 0. The van der Waals surface area contributed by atoms with E-state index in [1.54, 1.807) is 0 Å². The van der Waals surface area contributed by atoms with Gasteiger partial charge in [-0.1, -0.05) is 0 Å². The summed E-state index contributed by atoms with van der Waals surface area (Å²) in [4.78, 5) is 9.63. The van der Waals surface area contributed by atoms with E-state index in [0.29, 0.717) is 22.9 Å². The second kappa shape index (κ2) is 7.01. The summed E-state index contributed by atoms with van der Waals surface area (Å²) >= 11 is 0.714. The van der Waals surface area contributed by atoms with Crippen LogP contribution in [0, 0.1) is 0 Å². The molecule has 0 aliphatic heterocycles. The molecule has 38 valence electrons. The van der Waals surface area contributed by atoms with E-state index < -0.39 is 5.97 Å². The van der Waals surface area contributed by atoms with Gasteiger partial charge in [0.05, 0.1) is 0 Å².